The molecule has 1 fully saturated rings. The van der Waals surface area contributed by atoms with E-state index in [0.717, 1.165) is 0 Å². The van der Waals surface area contributed by atoms with Crippen LogP contribution in [0.4, 0.5) is 5.13 Å². The molecule has 0 radical (unpaired) electrons. The summed E-state index contributed by atoms with van der Waals surface area (Å²) in [7, 11) is 0. The molecule has 5 N–H and O–H groups in total. The van der Waals surface area contributed by atoms with Gasteiger partial charge in [0.05, 0.1) is 6.61 Å². The summed E-state index contributed by atoms with van der Waals surface area (Å²) in [6.07, 6.45) is 0. The molecule has 0 bridgehead atoms. The van der Waals surface area contributed by atoms with Gasteiger partial charge < -0.3 is 21.3 Å². The number of aromatic nitrogens is 2. The van der Waals surface area contributed by atoms with Crippen LogP contribution < -0.4 is 11.1 Å². The van der Waals surface area contributed by atoms with E-state index in [1.165, 1.54) is 39.8 Å². The van der Waals surface area contributed by atoms with E-state index < -0.39 is 12.0 Å². The van der Waals surface area contributed by atoms with Crippen LogP contribution in [-0.2, 0) is 9.59 Å². The van der Waals surface area contributed by atoms with Crippen LogP contribution in [0.25, 0.3) is 0 Å². The lowest BCUT2D eigenvalue weighted by Crippen LogP contribution is -2.68. The summed E-state index contributed by atoms with van der Waals surface area (Å²) in [5.41, 5.74) is 6.44. The van der Waals surface area contributed by atoms with Crippen molar-refractivity contribution in [1.82, 2.24) is 15.1 Å². The SMILES string of the molecule is NC1C(=O)N2C(C(=O)O)=C(CSc3nnc(NCCO)s3)CS[C@@H]12. The summed E-state index contributed by atoms with van der Waals surface area (Å²) < 4.78 is 0.687. The second-order valence-electron chi connectivity index (χ2n) is 5.01. The van der Waals surface area contributed by atoms with E-state index >= 15 is 0 Å². The molecular weight excluding hydrogens is 374 g/mol. The number of β-lactam (4-membered cyclic amide) rings is 1. The summed E-state index contributed by atoms with van der Waals surface area (Å²) in [5.74, 6) is -0.530. The minimum absolute atomic E-state index is 0.00129. The van der Waals surface area contributed by atoms with Gasteiger partial charge in [-0.15, -0.1) is 22.0 Å². The number of carbonyl (C=O) groups excluding carboxylic acids is 1. The number of fused-ring (bicyclic) bond motifs is 1. The van der Waals surface area contributed by atoms with Gasteiger partial charge in [-0.05, 0) is 5.57 Å². The lowest BCUT2D eigenvalue weighted by Gasteiger charge is -2.48. The number of nitrogens with zero attached hydrogens (tertiary/aromatic N) is 3. The molecule has 130 valence electrons. The molecule has 9 nitrogen and oxygen atoms in total. The summed E-state index contributed by atoms with van der Waals surface area (Å²) in [5, 5.41) is 29.4. The Morgan fingerprint density at radius 3 is 3.00 bits per heavy atom. The first-order valence-electron chi connectivity index (χ1n) is 6.99. The Morgan fingerprint density at radius 1 is 1.50 bits per heavy atom. The number of anilines is 1. The number of hydrogen-bond donors (Lipinski definition) is 4. The van der Waals surface area contributed by atoms with E-state index in [1.54, 1.807) is 0 Å². The number of aliphatic hydroxyl groups is 1. The normalized spacial score (nSPS) is 23.1. The fraction of sp³-hybridized carbons (Fsp3) is 0.500. The van der Waals surface area contributed by atoms with Gasteiger partial charge in [0.15, 0.2) is 4.34 Å². The van der Waals surface area contributed by atoms with Gasteiger partial charge in [0.25, 0.3) is 0 Å². The molecule has 24 heavy (non-hydrogen) atoms. The first-order chi connectivity index (χ1) is 11.5. The molecule has 1 saturated heterocycles. The molecule has 1 aromatic rings. The quantitative estimate of drug-likeness (QED) is 0.360. The number of aliphatic carboxylic acids is 1. The van der Waals surface area contributed by atoms with Crippen molar-refractivity contribution in [2.24, 2.45) is 5.73 Å². The Labute approximate surface area is 149 Å². The van der Waals surface area contributed by atoms with Crippen molar-refractivity contribution in [3.63, 3.8) is 0 Å². The van der Waals surface area contributed by atoms with Crippen LogP contribution in [0.5, 0.6) is 0 Å². The van der Waals surface area contributed by atoms with Crippen molar-refractivity contribution >= 4 is 51.9 Å². The zero-order chi connectivity index (χ0) is 17.3. The summed E-state index contributed by atoms with van der Waals surface area (Å²) >= 11 is 4.18. The van der Waals surface area contributed by atoms with Gasteiger partial charge in [-0.1, -0.05) is 23.1 Å². The Bertz CT molecular complexity index is 694. The number of nitrogens with two attached hydrogens (primary N) is 1. The predicted molar refractivity (Wildman–Crippen MR) is 91.9 cm³/mol. The van der Waals surface area contributed by atoms with Crippen molar-refractivity contribution in [3.05, 3.63) is 11.3 Å². The van der Waals surface area contributed by atoms with Crippen LogP contribution >= 0.6 is 34.9 Å². The monoisotopic (exact) mass is 389 g/mol. The highest BCUT2D eigenvalue weighted by atomic mass is 32.2. The average molecular weight is 389 g/mol. The van der Waals surface area contributed by atoms with E-state index in [9.17, 15) is 14.7 Å². The summed E-state index contributed by atoms with van der Waals surface area (Å²) in [6, 6.07) is -0.623. The second kappa shape index (κ2) is 7.27. The third-order valence-corrected chi connectivity index (χ3v) is 6.92. The van der Waals surface area contributed by atoms with Crippen LogP contribution in [0, 0.1) is 0 Å². The van der Waals surface area contributed by atoms with Crippen molar-refractivity contribution in [2.45, 2.75) is 15.8 Å². The molecule has 12 heteroatoms. The molecule has 3 rings (SSSR count). The molecule has 1 amide bonds. The highest BCUT2D eigenvalue weighted by Gasteiger charge is 2.51. The minimum atomic E-state index is -1.11. The summed E-state index contributed by atoms with van der Waals surface area (Å²) in [4.78, 5) is 24.7. The fourth-order valence-electron chi connectivity index (χ4n) is 2.34. The standard InChI is InChI=1S/C12H15N5O4S3/c13-6-8(19)17-7(10(20)21)5(3-22-9(6)17)4-23-12-16-15-11(24-12)14-1-2-18/h6,9,18H,1-4,13H2,(H,14,15)(H,20,21)/t6?,9-/m0/s1. The van der Waals surface area contributed by atoms with Crippen LogP contribution in [-0.4, -0.2) is 73.3 Å². The number of nitrogens with one attached hydrogen (secondary N) is 1. The molecule has 2 aliphatic rings. The van der Waals surface area contributed by atoms with Crippen molar-refractivity contribution in [1.29, 1.82) is 0 Å². The number of rotatable bonds is 7. The Balaban J connectivity index is 1.70. The maximum Gasteiger partial charge on any atom is 0.352 e. The number of aliphatic hydroxyl groups excluding tert-OH is 1. The van der Waals surface area contributed by atoms with Crippen molar-refractivity contribution in [3.8, 4) is 0 Å². The molecule has 1 unspecified atom stereocenters. The lowest BCUT2D eigenvalue weighted by molar-refractivity contribution is -0.147. The van der Waals surface area contributed by atoms with Crippen LogP contribution in [0.2, 0.25) is 0 Å². The number of carbonyl (C=O) groups is 2. The maximum atomic E-state index is 11.9. The van der Waals surface area contributed by atoms with E-state index in [1.807, 2.05) is 0 Å². The van der Waals surface area contributed by atoms with Gasteiger partial charge in [-0.3, -0.25) is 9.69 Å². The van der Waals surface area contributed by atoms with Gasteiger partial charge in [-0.2, -0.15) is 0 Å². The molecule has 3 heterocycles. The molecule has 0 saturated carbocycles. The minimum Gasteiger partial charge on any atom is -0.477 e. The summed E-state index contributed by atoms with van der Waals surface area (Å²) in [6.45, 7) is 0.393. The van der Waals surface area contributed by atoms with E-state index in [4.69, 9.17) is 10.8 Å². The third kappa shape index (κ3) is 3.24. The van der Waals surface area contributed by atoms with Crippen LogP contribution in [0.1, 0.15) is 0 Å². The van der Waals surface area contributed by atoms with Gasteiger partial charge in [0, 0.05) is 18.1 Å². The number of carboxylic acid groups (broad SMARTS) is 1. The Kier molecular flexibility index (Phi) is 5.30. The Morgan fingerprint density at radius 2 is 2.29 bits per heavy atom. The van der Waals surface area contributed by atoms with E-state index in [0.29, 0.717) is 33.1 Å². The molecule has 0 aromatic carbocycles. The lowest BCUT2D eigenvalue weighted by atomic mass is 10.0. The molecule has 1 aromatic heterocycles. The van der Waals surface area contributed by atoms with Crippen molar-refractivity contribution < 1.29 is 19.8 Å². The first-order valence-corrected chi connectivity index (χ1v) is 9.84. The Hall–Kier alpha value is -1.34. The zero-order valence-corrected chi connectivity index (χ0v) is 14.8. The van der Waals surface area contributed by atoms with E-state index in [2.05, 4.69) is 15.5 Å². The molecule has 2 aliphatic heterocycles. The number of carboxylic acids is 1. The predicted octanol–water partition coefficient (Wildman–Crippen LogP) is -0.384. The van der Waals surface area contributed by atoms with Gasteiger partial charge >= 0.3 is 5.97 Å². The molecule has 0 spiro atoms. The van der Waals surface area contributed by atoms with Crippen LogP contribution in [0.3, 0.4) is 0 Å². The molecule has 2 atom stereocenters. The van der Waals surface area contributed by atoms with Crippen molar-refractivity contribution in [2.75, 3.05) is 30.0 Å². The average Bonchev–Trinajstić information content (AvgIpc) is 3.04. The third-order valence-electron chi connectivity index (χ3n) is 3.46. The van der Waals surface area contributed by atoms with Gasteiger partial charge in [0.1, 0.15) is 17.1 Å². The zero-order valence-electron chi connectivity index (χ0n) is 12.3. The number of amides is 1. The van der Waals surface area contributed by atoms with Crippen LogP contribution in [0.15, 0.2) is 15.6 Å². The van der Waals surface area contributed by atoms with Gasteiger partial charge in [-0.25, -0.2) is 4.79 Å². The van der Waals surface area contributed by atoms with E-state index in [-0.39, 0.29) is 23.6 Å². The first kappa shape index (κ1) is 17.5. The second-order valence-corrected chi connectivity index (χ2v) is 8.31. The topological polar surface area (TPSA) is 142 Å². The maximum absolute atomic E-state index is 11.9. The molecule has 0 aliphatic carbocycles. The highest BCUT2D eigenvalue weighted by molar-refractivity contribution is 8.01. The largest absolute Gasteiger partial charge is 0.477 e. The number of thioether (sulfide) groups is 2. The fourth-order valence-corrected chi connectivity index (χ4v) is 5.55. The number of hydrogen-bond acceptors (Lipinski definition) is 10. The smallest absolute Gasteiger partial charge is 0.352 e. The highest BCUT2D eigenvalue weighted by Crippen LogP contribution is 2.41. The molecular formula is C12H15N5O4S3. The van der Waals surface area contributed by atoms with Gasteiger partial charge in [0.2, 0.25) is 11.0 Å².